The predicted molar refractivity (Wildman–Crippen MR) is 91.3 cm³/mol. The molecule has 0 spiro atoms. The second-order valence-electron chi connectivity index (χ2n) is 4.75. The molecule has 3 aromatic rings. The molecule has 0 aliphatic carbocycles. The lowest BCUT2D eigenvalue weighted by Gasteiger charge is -2.19. The van der Waals surface area contributed by atoms with Gasteiger partial charge in [-0.1, -0.05) is 0 Å². The Morgan fingerprint density at radius 2 is 2.33 bits per heavy atom. The van der Waals surface area contributed by atoms with E-state index in [1.54, 1.807) is 17.5 Å². The zero-order valence-corrected chi connectivity index (χ0v) is 14.3. The fourth-order valence-corrected chi connectivity index (χ4v) is 3.42. The molecule has 110 valence electrons. The number of thiophene rings is 1. The van der Waals surface area contributed by atoms with Crippen molar-refractivity contribution in [3.63, 3.8) is 0 Å². The summed E-state index contributed by atoms with van der Waals surface area (Å²) in [5.74, 6) is 1.73. The Labute approximate surface area is 135 Å². The number of anilines is 2. The highest BCUT2D eigenvalue weighted by molar-refractivity contribution is 9.11. The van der Waals surface area contributed by atoms with E-state index in [2.05, 4.69) is 54.5 Å². The van der Waals surface area contributed by atoms with Gasteiger partial charge < -0.3 is 14.6 Å². The van der Waals surface area contributed by atoms with Gasteiger partial charge in [-0.15, -0.1) is 11.3 Å². The predicted octanol–water partition coefficient (Wildman–Crippen LogP) is 3.62. The Hall–Kier alpha value is -1.60. The van der Waals surface area contributed by atoms with Crippen LogP contribution in [0.2, 0.25) is 0 Å². The molecule has 0 saturated carbocycles. The van der Waals surface area contributed by atoms with Crippen LogP contribution < -0.4 is 10.2 Å². The van der Waals surface area contributed by atoms with E-state index in [1.165, 1.54) is 5.56 Å². The highest BCUT2D eigenvalue weighted by Gasteiger charge is 2.12. The Balaban J connectivity index is 1.95. The summed E-state index contributed by atoms with van der Waals surface area (Å²) in [4.78, 5) is 11.2. The summed E-state index contributed by atoms with van der Waals surface area (Å²) in [6, 6.07) is 2.14. The van der Waals surface area contributed by atoms with Crippen molar-refractivity contribution in [1.29, 1.82) is 0 Å². The van der Waals surface area contributed by atoms with Gasteiger partial charge >= 0.3 is 0 Å². The standard InChI is InChI=1S/C14H16BrN5S/c1-3-16-12-8-20-5-4-17-13(20)14(18-12)19(2)7-10-6-11(15)21-9-10/h4-6,8-9,16H,3,7H2,1-2H3. The lowest BCUT2D eigenvalue weighted by Crippen LogP contribution is -2.19. The summed E-state index contributed by atoms with van der Waals surface area (Å²) in [6.07, 6.45) is 5.70. The van der Waals surface area contributed by atoms with Gasteiger partial charge in [0.15, 0.2) is 11.5 Å². The second-order valence-corrected chi connectivity index (χ2v) is 7.04. The molecule has 0 bridgehead atoms. The van der Waals surface area contributed by atoms with Gasteiger partial charge in [0.05, 0.1) is 9.98 Å². The van der Waals surface area contributed by atoms with Crippen molar-refractivity contribution in [3.8, 4) is 0 Å². The first-order valence-corrected chi connectivity index (χ1v) is 8.36. The number of halogens is 1. The van der Waals surface area contributed by atoms with Crippen LogP contribution in [-0.4, -0.2) is 28.0 Å². The van der Waals surface area contributed by atoms with E-state index in [0.717, 1.165) is 34.2 Å². The maximum Gasteiger partial charge on any atom is 0.180 e. The Bertz CT molecular complexity index is 751. The molecule has 0 saturated heterocycles. The molecule has 0 radical (unpaired) electrons. The van der Waals surface area contributed by atoms with E-state index in [4.69, 9.17) is 0 Å². The van der Waals surface area contributed by atoms with Crippen molar-refractivity contribution in [2.45, 2.75) is 13.5 Å². The Kier molecular flexibility index (Phi) is 4.12. The van der Waals surface area contributed by atoms with Crippen molar-refractivity contribution in [2.75, 3.05) is 23.8 Å². The summed E-state index contributed by atoms with van der Waals surface area (Å²) < 4.78 is 3.15. The lowest BCUT2D eigenvalue weighted by atomic mass is 10.3. The average Bonchev–Trinajstić information content (AvgIpc) is 3.07. The topological polar surface area (TPSA) is 45.5 Å². The third-order valence-electron chi connectivity index (χ3n) is 3.12. The van der Waals surface area contributed by atoms with Crippen molar-refractivity contribution in [1.82, 2.24) is 14.4 Å². The lowest BCUT2D eigenvalue weighted by molar-refractivity contribution is 0.894. The molecular formula is C14H16BrN5S. The van der Waals surface area contributed by atoms with Crippen LogP contribution >= 0.6 is 27.3 Å². The smallest absolute Gasteiger partial charge is 0.180 e. The number of imidazole rings is 1. The van der Waals surface area contributed by atoms with Gasteiger partial charge in [-0.2, -0.15) is 0 Å². The highest BCUT2D eigenvalue weighted by Crippen LogP contribution is 2.25. The molecule has 7 heteroatoms. The normalized spacial score (nSPS) is 11.0. The number of nitrogens with zero attached hydrogens (tertiary/aromatic N) is 4. The van der Waals surface area contributed by atoms with Crippen LogP contribution in [0.15, 0.2) is 33.8 Å². The van der Waals surface area contributed by atoms with E-state index < -0.39 is 0 Å². The molecule has 0 aromatic carbocycles. The zero-order chi connectivity index (χ0) is 14.8. The molecule has 0 amide bonds. The fourth-order valence-electron chi connectivity index (χ4n) is 2.21. The van der Waals surface area contributed by atoms with E-state index in [9.17, 15) is 0 Å². The van der Waals surface area contributed by atoms with Gasteiger partial charge in [-0.25, -0.2) is 9.97 Å². The van der Waals surface area contributed by atoms with Crippen LogP contribution in [0, 0.1) is 0 Å². The van der Waals surface area contributed by atoms with Gasteiger partial charge in [-0.3, -0.25) is 0 Å². The van der Waals surface area contributed by atoms with Crippen molar-refractivity contribution in [2.24, 2.45) is 0 Å². The number of fused-ring (bicyclic) bond motifs is 1. The fraction of sp³-hybridized carbons (Fsp3) is 0.286. The van der Waals surface area contributed by atoms with Crippen molar-refractivity contribution >= 4 is 44.5 Å². The molecule has 21 heavy (non-hydrogen) atoms. The largest absolute Gasteiger partial charge is 0.369 e. The van der Waals surface area contributed by atoms with Crippen molar-refractivity contribution in [3.05, 3.63) is 39.4 Å². The molecule has 3 aromatic heterocycles. The SMILES string of the molecule is CCNc1cn2ccnc2c(N(C)Cc2csc(Br)c2)n1. The zero-order valence-electron chi connectivity index (χ0n) is 11.9. The van der Waals surface area contributed by atoms with E-state index >= 15 is 0 Å². The maximum absolute atomic E-state index is 4.69. The third kappa shape index (κ3) is 3.03. The summed E-state index contributed by atoms with van der Waals surface area (Å²) in [5, 5.41) is 5.41. The Morgan fingerprint density at radius 1 is 1.48 bits per heavy atom. The van der Waals surface area contributed by atoms with Crippen LogP contribution in [0.4, 0.5) is 11.6 Å². The third-order valence-corrected chi connectivity index (χ3v) is 4.67. The first-order valence-electron chi connectivity index (χ1n) is 6.69. The first kappa shape index (κ1) is 14.3. The monoisotopic (exact) mass is 365 g/mol. The molecule has 3 heterocycles. The van der Waals surface area contributed by atoms with Crippen LogP contribution in [-0.2, 0) is 6.54 Å². The van der Waals surface area contributed by atoms with Crippen LogP contribution in [0.1, 0.15) is 12.5 Å². The van der Waals surface area contributed by atoms with Crippen LogP contribution in [0.5, 0.6) is 0 Å². The number of hydrogen-bond acceptors (Lipinski definition) is 5. The first-order chi connectivity index (χ1) is 10.2. The number of hydrogen-bond donors (Lipinski definition) is 1. The van der Waals surface area contributed by atoms with Crippen LogP contribution in [0.25, 0.3) is 5.65 Å². The molecule has 0 fully saturated rings. The van der Waals surface area contributed by atoms with Gasteiger partial charge in [-0.05, 0) is 39.9 Å². The number of rotatable bonds is 5. The second kappa shape index (κ2) is 6.03. The molecule has 1 N–H and O–H groups in total. The maximum atomic E-state index is 4.69. The van der Waals surface area contributed by atoms with Gasteiger partial charge in [0.25, 0.3) is 0 Å². The quantitative estimate of drug-likeness (QED) is 0.749. The van der Waals surface area contributed by atoms with Crippen LogP contribution in [0.3, 0.4) is 0 Å². The van der Waals surface area contributed by atoms with Crippen molar-refractivity contribution < 1.29 is 0 Å². The van der Waals surface area contributed by atoms with E-state index in [0.29, 0.717) is 0 Å². The molecule has 5 nitrogen and oxygen atoms in total. The molecule has 0 unspecified atom stereocenters. The molecule has 0 atom stereocenters. The minimum atomic E-state index is 0.799. The van der Waals surface area contributed by atoms with E-state index in [-0.39, 0.29) is 0 Å². The summed E-state index contributed by atoms with van der Waals surface area (Å²) in [5.41, 5.74) is 2.13. The van der Waals surface area contributed by atoms with Gasteiger partial charge in [0.2, 0.25) is 0 Å². The molecule has 0 aliphatic rings. The van der Waals surface area contributed by atoms with Gasteiger partial charge in [0.1, 0.15) is 5.82 Å². The highest BCUT2D eigenvalue weighted by atomic mass is 79.9. The minimum absolute atomic E-state index is 0.799. The average molecular weight is 366 g/mol. The number of nitrogens with one attached hydrogen (secondary N) is 1. The molecular weight excluding hydrogens is 350 g/mol. The summed E-state index contributed by atoms with van der Waals surface area (Å²) in [7, 11) is 2.04. The summed E-state index contributed by atoms with van der Waals surface area (Å²) >= 11 is 5.20. The minimum Gasteiger partial charge on any atom is -0.369 e. The number of aromatic nitrogens is 3. The van der Waals surface area contributed by atoms with E-state index in [1.807, 2.05) is 23.8 Å². The summed E-state index contributed by atoms with van der Waals surface area (Å²) in [6.45, 7) is 3.70. The molecule has 3 rings (SSSR count). The van der Waals surface area contributed by atoms with Gasteiger partial charge in [0, 0.05) is 32.5 Å². The molecule has 0 aliphatic heterocycles. The Morgan fingerprint density at radius 3 is 3.05 bits per heavy atom.